The molecule has 0 saturated heterocycles. The third-order valence-corrected chi connectivity index (χ3v) is 2.19. The Labute approximate surface area is 102 Å². The van der Waals surface area contributed by atoms with Gasteiger partial charge in [-0.1, -0.05) is 12.1 Å². The number of benzene rings is 1. The fourth-order valence-corrected chi connectivity index (χ4v) is 1.39. The molecular weight excluding hydrogens is 214 g/mol. The molecule has 0 saturated carbocycles. The lowest BCUT2D eigenvalue weighted by Gasteiger charge is -2.05. The molecule has 0 bridgehead atoms. The van der Waals surface area contributed by atoms with Crippen LogP contribution in [0.1, 0.15) is 18.9 Å². The van der Waals surface area contributed by atoms with Crippen LogP contribution in [-0.4, -0.2) is 19.1 Å². The van der Waals surface area contributed by atoms with E-state index in [2.05, 4.69) is 11.2 Å². The van der Waals surface area contributed by atoms with Gasteiger partial charge >= 0.3 is 0 Å². The second kappa shape index (κ2) is 7.34. The number of nitrogens with one attached hydrogen (secondary N) is 1. The Balaban J connectivity index is 2.40. The first-order valence-electron chi connectivity index (χ1n) is 5.68. The second-order valence-corrected chi connectivity index (χ2v) is 3.56. The smallest absolute Gasteiger partial charge is 0.224 e. The summed E-state index contributed by atoms with van der Waals surface area (Å²) in [6.07, 6.45) is 6.03. The molecule has 3 nitrogen and oxygen atoms in total. The average molecular weight is 231 g/mol. The van der Waals surface area contributed by atoms with E-state index in [0.29, 0.717) is 26.0 Å². The van der Waals surface area contributed by atoms with Gasteiger partial charge < -0.3 is 10.1 Å². The molecule has 90 valence electrons. The second-order valence-electron chi connectivity index (χ2n) is 3.56. The summed E-state index contributed by atoms with van der Waals surface area (Å²) in [6.45, 7) is 3.12. The normalized spacial score (nSPS) is 9.41. The predicted molar refractivity (Wildman–Crippen MR) is 67.8 cm³/mol. The maximum absolute atomic E-state index is 11.5. The van der Waals surface area contributed by atoms with E-state index in [1.54, 1.807) is 0 Å². The number of hydrogen-bond donors (Lipinski definition) is 1. The van der Waals surface area contributed by atoms with E-state index < -0.39 is 0 Å². The van der Waals surface area contributed by atoms with Crippen molar-refractivity contribution in [2.45, 2.75) is 19.8 Å². The summed E-state index contributed by atoms with van der Waals surface area (Å²) in [7, 11) is 0. The molecule has 0 aliphatic rings. The predicted octanol–water partition coefficient (Wildman–Crippen LogP) is 1.77. The monoisotopic (exact) mass is 231 g/mol. The number of carbonyl (C=O) groups is 1. The number of rotatable bonds is 6. The third-order valence-electron chi connectivity index (χ3n) is 2.19. The zero-order valence-corrected chi connectivity index (χ0v) is 10.0. The van der Waals surface area contributed by atoms with Crippen molar-refractivity contribution in [3.05, 3.63) is 29.8 Å². The van der Waals surface area contributed by atoms with Crippen LogP contribution in [0, 0.1) is 12.3 Å². The van der Waals surface area contributed by atoms with Gasteiger partial charge in [0.15, 0.2) is 0 Å². The van der Waals surface area contributed by atoms with E-state index in [4.69, 9.17) is 11.2 Å². The molecule has 17 heavy (non-hydrogen) atoms. The molecule has 0 aliphatic carbocycles. The summed E-state index contributed by atoms with van der Waals surface area (Å²) in [5, 5.41) is 2.76. The molecule has 0 unspecified atom stereocenters. The van der Waals surface area contributed by atoms with E-state index >= 15 is 0 Å². The first kappa shape index (κ1) is 13.1. The minimum absolute atomic E-state index is 0.00981. The van der Waals surface area contributed by atoms with E-state index in [9.17, 15) is 4.79 Å². The van der Waals surface area contributed by atoms with Gasteiger partial charge in [0, 0.05) is 13.0 Å². The Morgan fingerprint density at radius 2 is 2.12 bits per heavy atom. The van der Waals surface area contributed by atoms with E-state index in [1.165, 1.54) is 0 Å². The van der Waals surface area contributed by atoms with Crippen molar-refractivity contribution in [3.63, 3.8) is 0 Å². The van der Waals surface area contributed by atoms with Crippen molar-refractivity contribution >= 4 is 5.91 Å². The SMILES string of the molecule is C#CCCNC(=O)Cc1ccc(OCC)cc1. The van der Waals surface area contributed by atoms with Gasteiger partial charge in [0.2, 0.25) is 5.91 Å². The molecule has 0 spiro atoms. The number of ether oxygens (including phenoxy) is 1. The summed E-state index contributed by atoms with van der Waals surface area (Å²) in [4.78, 5) is 11.5. The molecule has 0 heterocycles. The molecular formula is C14H17NO2. The molecule has 0 radical (unpaired) electrons. The maximum Gasteiger partial charge on any atom is 0.224 e. The largest absolute Gasteiger partial charge is 0.494 e. The first-order chi connectivity index (χ1) is 8.26. The van der Waals surface area contributed by atoms with Crippen LogP contribution in [0.4, 0.5) is 0 Å². The highest BCUT2D eigenvalue weighted by atomic mass is 16.5. The maximum atomic E-state index is 11.5. The fraction of sp³-hybridized carbons (Fsp3) is 0.357. The van der Waals surface area contributed by atoms with Gasteiger partial charge in [0.1, 0.15) is 5.75 Å². The van der Waals surface area contributed by atoms with E-state index in [1.807, 2.05) is 31.2 Å². The van der Waals surface area contributed by atoms with Gasteiger partial charge in [-0.25, -0.2) is 0 Å². The van der Waals surface area contributed by atoms with Gasteiger partial charge in [-0.05, 0) is 24.6 Å². The fourth-order valence-electron chi connectivity index (χ4n) is 1.39. The van der Waals surface area contributed by atoms with E-state index in [-0.39, 0.29) is 5.91 Å². The van der Waals surface area contributed by atoms with Gasteiger partial charge in [0.05, 0.1) is 13.0 Å². The Bertz CT molecular complexity index is 390. The lowest BCUT2D eigenvalue weighted by Crippen LogP contribution is -2.25. The van der Waals surface area contributed by atoms with Crippen molar-refractivity contribution in [2.75, 3.05) is 13.2 Å². The lowest BCUT2D eigenvalue weighted by atomic mass is 10.1. The summed E-state index contributed by atoms with van der Waals surface area (Å²) < 4.78 is 5.32. The minimum Gasteiger partial charge on any atom is -0.494 e. The molecule has 1 aromatic rings. The Kier molecular flexibility index (Phi) is 5.67. The lowest BCUT2D eigenvalue weighted by molar-refractivity contribution is -0.120. The van der Waals surface area contributed by atoms with Crippen molar-refractivity contribution in [1.29, 1.82) is 0 Å². The molecule has 0 aromatic heterocycles. The quantitative estimate of drug-likeness (QED) is 0.598. The van der Waals surface area contributed by atoms with Gasteiger partial charge in [-0.15, -0.1) is 12.3 Å². The van der Waals surface area contributed by atoms with Crippen LogP contribution in [0.15, 0.2) is 24.3 Å². The minimum atomic E-state index is -0.00981. The number of hydrogen-bond acceptors (Lipinski definition) is 2. The van der Waals surface area contributed by atoms with Crippen LogP contribution in [0.3, 0.4) is 0 Å². The van der Waals surface area contributed by atoms with Crippen LogP contribution in [0.2, 0.25) is 0 Å². The molecule has 0 atom stereocenters. The van der Waals surface area contributed by atoms with Crippen LogP contribution in [0.5, 0.6) is 5.75 Å². The highest BCUT2D eigenvalue weighted by Gasteiger charge is 2.02. The summed E-state index contributed by atoms with van der Waals surface area (Å²) in [6, 6.07) is 7.53. The van der Waals surface area contributed by atoms with Crippen LogP contribution in [-0.2, 0) is 11.2 Å². The Morgan fingerprint density at radius 1 is 1.41 bits per heavy atom. The molecule has 1 aromatic carbocycles. The number of terminal acetylenes is 1. The van der Waals surface area contributed by atoms with Gasteiger partial charge in [0.25, 0.3) is 0 Å². The molecule has 1 rings (SSSR count). The van der Waals surface area contributed by atoms with Gasteiger partial charge in [-0.2, -0.15) is 0 Å². The summed E-state index contributed by atoms with van der Waals surface area (Å²) in [5.41, 5.74) is 0.965. The van der Waals surface area contributed by atoms with Crippen molar-refractivity contribution < 1.29 is 9.53 Å². The van der Waals surface area contributed by atoms with Crippen LogP contribution < -0.4 is 10.1 Å². The topological polar surface area (TPSA) is 38.3 Å². The number of carbonyl (C=O) groups excluding carboxylic acids is 1. The van der Waals surface area contributed by atoms with E-state index in [0.717, 1.165) is 11.3 Å². The van der Waals surface area contributed by atoms with Crippen molar-refractivity contribution in [3.8, 4) is 18.1 Å². The van der Waals surface area contributed by atoms with Crippen LogP contribution in [0.25, 0.3) is 0 Å². The van der Waals surface area contributed by atoms with Gasteiger partial charge in [-0.3, -0.25) is 4.79 Å². The first-order valence-corrected chi connectivity index (χ1v) is 5.68. The highest BCUT2D eigenvalue weighted by molar-refractivity contribution is 5.78. The highest BCUT2D eigenvalue weighted by Crippen LogP contribution is 2.12. The van der Waals surface area contributed by atoms with Crippen molar-refractivity contribution in [2.24, 2.45) is 0 Å². The molecule has 1 amide bonds. The zero-order valence-electron chi connectivity index (χ0n) is 10.0. The molecule has 3 heteroatoms. The Morgan fingerprint density at radius 3 is 2.71 bits per heavy atom. The Hall–Kier alpha value is -1.95. The molecule has 0 fully saturated rings. The van der Waals surface area contributed by atoms with Crippen LogP contribution >= 0.6 is 0 Å². The summed E-state index contributed by atoms with van der Waals surface area (Å²) >= 11 is 0. The molecule has 0 aliphatic heterocycles. The number of amides is 1. The standard InChI is InChI=1S/C14H17NO2/c1-3-5-10-15-14(16)11-12-6-8-13(9-7-12)17-4-2/h1,6-9H,4-5,10-11H2,2H3,(H,15,16). The zero-order chi connectivity index (χ0) is 12.5. The summed E-state index contributed by atoms with van der Waals surface area (Å²) in [5.74, 6) is 3.29. The molecule has 1 N–H and O–H groups in total. The third kappa shape index (κ3) is 5.07. The van der Waals surface area contributed by atoms with Crippen molar-refractivity contribution in [1.82, 2.24) is 5.32 Å². The average Bonchev–Trinajstić information content (AvgIpc) is 2.32.